The normalized spacial score (nSPS) is 11.1. The molecule has 3 aromatic carbocycles. The lowest BCUT2D eigenvalue weighted by atomic mass is 10.1. The number of nitrogens with one attached hydrogen (secondary N) is 1. The molecule has 0 atom stereocenters. The standard InChI is InChI=1S/C21H19BrN2O4S/c22-19-14-16(6-11-20(19)28-13-12-15-4-2-1-3-5-15)21(25)24-17-7-9-18(10-8-17)29(23,26)27/h1-11,14H,12-13H2,(H,24,25)(H2,23,26,27). The monoisotopic (exact) mass is 474 g/mol. The van der Waals surface area contributed by atoms with Gasteiger partial charge in [-0.1, -0.05) is 30.3 Å². The molecule has 8 heteroatoms. The Morgan fingerprint density at radius 1 is 1.00 bits per heavy atom. The molecule has 3 rings (SSSR count). The van der Waals surface area contributed by atoms with Gasteiger partial charge in [0.15, 0.2) is 0 Å². The van der Waals surface area contributed by atoms with E-state index in [0.717, 1.165) is 6.42 Å². The van der Waals surface area contributed by atoms with Gasteiger partial charge in [0.2, 0.25) is 10.0 Å². The van der Waals surface area contributed by atoms with E-state index in [-0.39, 0.29) is 10.8 Å². The Morgan fingerprint density at radius 2 is 1.69 bits per heavy atom. The number of hydrogen-bond donors (Lipinski definition) is 2. The van der Waals surface area contributed by atoms with E-state index >= 15 is 0 Å². The van der Waals surface area contributed by atoms with E-state index in [9.17, 15) is 13.2 Å². The predicted octanol–water partition coefficient (Wildman–Crippen LogP) is 3.97. The van der Waals surface area contributed by atoms with Crippen LogP contribution in [0.15, 0.2) is 82.2 Å². The minimum absolute atomic E-state index is 0.0183. The molecule has 1 amide bonds. The summed E-state index contributed by atoms with van der Waals surface area (Å²) in [5.74, 6) is 0.319. The first-order chi connectivity index (χ1) is 13.8. The van der Waals surface area contributed by atoms with E-state index in [1.54, 1.807) is 18.2 Å². The maximum absolute atomic E-state index is 12.4. The van der Waals surface area contributed by atoms with Crippen molar-refractivity contribution in [1.29, 1.82) is 0 Å². The second-order valence-corrected chi connectivity index (χ2v) is 8.67. The van der Waals surface area contributed by atoms with Crippen LogP contribution in [0.3, 0.4) is 0 Å². The van der Waals surface area contributed by atoms with Crippen molar-refractivity contribution >= 4 is 37.5 Å². The Kier molecular flexibility index (Phi) is 6.68. The summed E-state index contributed by atoms with van der Waals surface area (Å²) in [6.07, 6.45) is 0.782. The average Bonchev–Trinajstić information content (AvgIpc) is 2.69. The number of carbonyl (C=O) groups is 1. The van der Waals surface area contributed by atoms with Crippen molar-refractivity contribution in [3.05, 3.63) is 88.4 Å². The number of carbonyl (C=O) groups excluding carboxylic acids is 1. The Morgan fingerprint density at radius 3 is 2.31 bits per heavy atom. The van der Waals surface area contributed by atoms with Crippen LogP contribution in [0.4, 0.5) is 5.69 Å². The number of halogens is 1. The summed E-state index contributed by atoms with van der Waals surface area (Å²) >= 11 is 3.43. The van der Waals surface area contributed by atoms with Gasteiger partial charge in [-0.25, -0.2) is 13.6 Å². The first-order valence-corrected chi connectivity index (χ1v) is 11.1. The van der Waals surface area contributed by atoms with Crippen LogP contribution in [0.5, 0.6) is 5.75 Å². The van der Waals surface area contributed by atoms with Crippen molar-refractivity contribution in [3.8, 4) is 5.75 Å². The predicted molar refractivity (Wildman–Crippen MR) is 116 cm³/mol. The highest BCUT2D eigenvalue weighted by Gasteiger charge is 2.11. The molecule has 6 nitrogen and oxygen atoms in total. The Hall–Kier alpha value is -2.68. The molecule has 0 radical (unpaired) electrons. The number of anilines is 1. The lowest BCUT2D eigenvalue weighted by Gasteiger charge is -2.10. The first-order valence-electron chi connectivity index (χ1n) is 8.73. The fourth-order valence-electron chi connectivity index (χ4n) is 2.61. The third kappa shape index (κ3) is 5.90. The zero-order valence-corrected chi connectivity index (χ0v) is 17.7. The highest BCUT2D eigenvalue weighted by molar-refractivity contribution is 9.10. The number of benzene rings is 3. The molecule has 0 spiro atoms. The highest BCUT2D eigenvalue weighted by atomic mass is 79.9. The highest BCUT2D eigenvalue weighted by Crippen LogP contribution is 2.26. The third-order valence-corrected chi connectivity index (χ3v) is 5.67. The molecule has 3 aromatic rings. The molecule has 0 aliphatic carbocycles. The van der Waals surface area contributed by atoms with Crippen LogP contribution in [0, 0.1) is 0 Å². The van der Waals surface area contributed by atoms with E-state index in [1.807, 2.05) is 30.3 Å². The minimum atomic E-state index is -3.77. The number of rotatable bonds is 7. The molecular formula is C21H19BrN2O4S. The molecule has 0 unspecified atom stereocenters. The molecule has 3 N–H and O–H groups in total. The van der Waals surface area contributed by atoms with Crippen molar-refractivity contribution in [3.63, 3.8) is 0 Å². The summed E-state index contributed by atoms with van der Waals surface area (Å²) in [6.45, 7) is 0.518. The molecule has 29 heavy (non-hydrogen) atoms. The van der Waals surface area contributed by atoms with Crippen LogP contribution < -0.4 is 15.2 Å². The van der Waals surface area contributed by atoms with Crippen molar-refractivity contribution in [1.82, 2.24) is 0 Å². The van der Waals surface area contributed by atoms with Gasteiger partial charge in [-0.3, -0.25) is 4.79 Å². The van der Waals surface area contributed by atoms with Crippen LogP contribution in [0.1, 0.15) is 15.9 Å². The van der Waals surface area contributed by atoms with Gasteiger partial charge < -0.3 is 10.1 Å². The van der Waals surface area contributed by atoms with Crippen molar-refractivity contribution in [2.75, 3.05) is 11.9 Å². The van der Waals surface area contributed by atoms with E-state index in [1.165, 1.54) is 29.8 Å². The topological polar surface area (TPSA) is 98.5 Å². The zero-order chi connectivity index (χ0) is 20.9. The average molecular weight is 475 g/mol. The minimum Gasteiger partial charge on any atom is -0.492 e. The largest absolute Gasteiger partial charge is 0.492 e. The lowest BCUT2D eigenvalue weighted by molar-refractivity contribution is 0.102. The summed E-state index contributed by atoms with van der Waals surface area (Å²) in [7, 11) is -3.77. The third-order valence-electron chi connectivity index (χ3n) is 4.13. The van der Waals surface area contributed by atoms with E-state index in [0.29, 0.717) is 28.1 Å². The number of hydrogen-bond acceptors (Lipinski definition) is 4. The number of primary sulfonamides is 1. The summed E-state index contributed by atoms with van der Waals surface area (Å²) in [5.41, 5.74) is 2.08. The molecule has 0 bridgehead atoms. The Bertz CT molecular complexity index is 1100. The zero-order valence-electron chi connectivity index (χ0n) is 15.3. The molecule has 0 fully saturated rings. The maximum atomic E-state index is 12.4. The SMILES string of the molecule is NS(=O)(=O)c1ccc(NC(=O)c2ccc(OCCc3ccccc3)c(Br)c2)cc1. The molecule has 150 valence electrons. The molecule has 0 aromatic heterocycles. The van der Waals surface area contributed by atoms with Gasteiger partial charge >= 0.3 is 0 Å². The lowest BCUT2D eigenvalue weighted by Crippen LogP contribution is -2.14. The maximum Gasteiger partial charge on any atom is 0.255 e. The van der Waals surface area contributed by atoms with Gasteiger partial charge in [0.25, 0.3) is 5.91 Å². The molecular weight excluding hydrogens is 456 g/mol. The smallest absolute Gasteiger partial charge is 0.255 e. The van der Waals surface area contributed by atoms with Crippen LogP contribution in [-0.2, 0) is 16.4 Å². The van der Waals surface area contributed by atoms with Crippen molar-refractivity contribution in [2.24, 2.45) is 5.14 Å². The summed E-state index contributed by atoms with van der Waals surface area (Å²) < 4.78 is 29.0. The molecule has 0 aliphatic heterocycles. The summed E-state index contributed by atoms with van der Waals surface area (Å²) in [6, 6.07) is 20.7. The molecule has 0 saturated carbocycles. The number of ether oxygens (including phenoxy) is 1. The van der Waals surface area contributed by atoms with Crippen LogP contribution in [-0.4, -0.2) is 20.9 Å². The summed E-state index contributed by atoms with van der Waals surface area (Å²) in [4.78, 5) is 12.4. The van der Waals surface area contributed by atoms with Gasteiger partial charge in [-0.05, 0) is 64.0 Å². The summed E-state index contributed by atoms with van der Waals surface area (Å²) in [5, 5.41) is 7.78. The molecule has 0 saturated heterocycles. The molecule has 0 aliphatic rings. The quantitative estimate of drug-likeness (QED) is 0.540. The van der Waals surface area contributed by atoms with Crippen LogP contribution >= 0.6 is 15.9 Å². The van der Waals surface area contributed by atoms with Gasteiger partial charge in [0.1, 0.15) is 5.75 Å². The van der Waals surface area contributed by atoms with Crippen molar-refractivity contribution in [2.45, 2.75) is 11.3 Å². The van der Waals surface area contributed by atoms with Gasteiger partial charge in [0, 0.05) is 17.7 Å². The van der Waals surface area contributed by atoms with Crippen molar-refractivity contribution < 1.29 is 17.9 Å². The van der Waals surface area contributed by atoms with E-state index in [2.05, 4.69) is 21.2 Å². The van der Waals surface area contributed by atoms with Crippen LogP contribution in [0.2, 0.25) is 0 Å². The number of amides is 1. The Balaban J connectivity index is 1.60. The second-order valence-electron chi connectivity index (χ2n) is 6.25. The second kappa shape index (κ2) is 9.21. The molecule has 0 heterocycles. The van der Waals surface area contributed by atoms with E-state index < -0.39 is 10.0 Å². The first kappa shape index (κ1) is 21.0. The fourth-order valence-corrected chi connectivity index (χ4v) is 3.62. The van der Waals surface area contributed by atoms with Gasteiger partial charge in [-0.2, -0.15) is 0 Å². The van der Waals surface area contributed by atoms with Gasteiger partial charge in [-0.15, -0.1) is 0 Å². The number of sulfonamides is 1. The fraction of sp³-hybridized carbons (Fsp3) is 0.0952. The Labute approximate surface area is 177 Å². The number of nitrogens with two attached hydrogens (primary N) is 1. The van der Waals surface area contributed by atoms with E-state index in [4.69, 9.17) is 9.88 Å². The van der Waals surface area contributed by atoms with Crippen LogP contribution in [0.25, 0.3) is 0 Å². The van der Waals surface area contributed by atoms with Gasteiger partial charge in [0.05, 0.1) is 16.0 Å².